The fraction of sp³-hybridized carbons (Fsp3) is 0.222. The summed E-state index contributed by atoms with van der Waals surface area (Å²) in [6.45, 7) is 4.28. The zero-order valence-corrected chi connectivity index (χ0v) is 22.0. The third-order valence-corrected chi connectivity index (χ3v) is 7.88. The minimum Gasteiger partial charge on any atom is -0.467 e. The number of amides is 2. The largest absolute Gasteiger partial charge is 0.467 e. The van der Waals surface area contributed by atoms with E-state index in [1.165, 1.54) is 22.9 Å². The van der Waals surface area contributed by atoms with Gasteiger partial charge in [-0.3, -0.25) is 14.5 Å². The van der Waals surface area contributed by atoms with E-state index in [4.69, 9.17) is 27.6 Å². The molecule has 9 heteroatoms. The highest BCUT2D eigenvalue weighted by molar-refractivity contribution is 8.05. The van der Waals surface area contributed by atoms with Crippen molar-refractivity contribution < 1.29 is 14.0 Å². The van der Waals surface area contributed by atoms with Crippen LogP contribution in [0.15, 0.2) is 75.9 Å². The van der Waals surface area contributed by atoms with Crippen molar-refractivity contribution in [2.45, 2.75) is 38.0 Å². The summed E-state index contributed by atoms with van der Waals surface area (Å²) in [5, 5.41) is 13.1. The molecule has 1 aliphatic heterocycles. The molecule has 1 atom stereocenters. The van der Waals surface area contributed by atoms with Gasteiger partial charge in [-0.05, 0) is 53.8 Å². The highest BCUT2D eigenvalue weighted by Crippen LogP contribution is 2.43. The number of nitrogens with zero attached hydrogens (tertiary/aromatic N) is 2. The van der Waals surface area contributed by atoms with Crippen molar-refractivity contribution in [3.63, 3.8) is 0 Å². The second kappa shape index (κ2) is 11.3. The fourth-order valence-electron chi connectivity index (χ4n) is 3.80. The first kappa shape index (κ1) is 25.9. The lowest BCUT2D eigenvalue weighted by molar-refractivity contribution is -0.117. The Labute approximate surface area is 223 Å². The van der Waals surface area contributed by atoms with Gasteiger partial charge in [0.05, 0.1) is 28.1 Å². The van der Waals surface area contributed by atoms with Gasteiger partial charge in [-0.15, -0.1) is 0 Å². The minimum atomic E-state index is -0.595. The van der Waals surface area contributed by atoms with Gasteiger partial charge in [-0.1, -0.05) is 73.1 Å². The van der Waals surface area contributed by atoms with E-state index in [-0.39, 0.29) is 23.1 Å². The van der Waals surface area contributed by atoms with Gasteiger partial charge in [0.1, 0.15) is 22.4 Å². The summed E-state index contributed by atoms with van der Waals surface area (Å²) in [4.78, 5) is 28.1. The molecule has 1 aliphatic rings. The number of halogens is 2. The Morgan fingerprint density at radius 1 is 1.17 bits per heavy atom. The summed E-state index contributed by atoms with van der Waals surface area (Å²) in [5.74, 6) is 0.0391. The van der Waals surface area contributed by atoms with Crippen LogP contribution in [0.25, 0.3) is 0 Å². The number of anilines is 1. The lowest BCUT2D eigenvalue weighted by Gasteiger charge is -2.19. The number of hydrogen-bond acceptors (Lipinski definition) is 5. The second-order valence-electron chi connectivity index (χ2n) is 8.50. The average molecular weight is 540 g/mol. The SMILES string of the molecule is CC(C)c1ccc(N2C(=O)C(Cc3cccc(Cl)c3Cl)S/C2=C(/C#N)C(=O)NCc2ccco2)cc1. The molecule has 184 valence electrons. The van der Waals surface area contributed by atoms with E-state index in [0.717, 1.165) is 5.56 Å². The van der Waals surface area contributed by atoms with Gasteiger partial charge in [0.2, 0.25) is 5.91 Å². The number of carbonyl (C=O) groups excluding carboxylic acids is 2. The van der Waals surface area contributed by atoms with Crippen LogP contribution in [-0.4, -0.2) is 17.1 Å². The van der Waals surface area contributed by atoms with Gasteiger partial charge in [-0.2, -0.15) is 5.26 Å². The molecule has 3 aromatic rings. The Morgan fingerprint density at radius 2 is 1.92 bits per heavy atom. The lowest BCUT2D eigenvalue weighted by Crippen LogP contribution is -2.32. The molecule has 6 nitrogen and oxygen atoms in total. The number of benzene rings is 2. The third-order valence-electron chi connectivity index (χ3n) is 5.76. The molecule has 1 N–H and O–H groups in total. The van der Waals surface area contributed by atoms with Crippen molar-refractivity contribution in [2.75, 3.05) is 4.90 Å². The van der Waals surface area contributed by atoms with E-state index in [0.29, 0.717) is 39.4 Å². The zero-order chi connectivity index (χ0) is 25.8. The Kier molecular flexibility index (Phi) is 8.10. The van der Waals surface area contributed by atoms with Crippen LogP contribution in [0.5, 0.6) is 0 Å². The van der Waals surface area contributed by atoms with Crippen LogP contribution in [0, 0.1) is 11.3 Å². The van der Waals surface area contributed by atoms with Gasteiger partial charge >= 0.3 is 0 Å². The number of hydrogen-bond donors (Lipinski definition) is 1. The highest BCUT2D eigenvalue weighted by Gasteiger charge is 2.41. The molecule has 1 unspecified atom stereocenters. The van der Waals surface area contributed by atoms with Crippen LogP contribution in [0.4, 0.5) is 5.69 Å². The molecule has 2 heterocycles. The molecule has 1 aromatic heterocycles. The Morgan fingerprint density at radius 3 is 2.56 bits per heavy atom. The topological polar surface area (TPSA) is 86.3 Å². The predicted molar refractivity (Wildman–Crippen MR) is 143 cm³/mol. The molecule has 2 amide bonds. The number of carbonyl (C=O) groups is 2. The monoisotopic (exact) mass is 539 g/mol. The molecule has 0 saturated carbocycles. The van der Waals surface area contributed by atoms with Crippen LogP contribution < -0.4 is 10.2 Å². The maximum atomic E-state index is 13.7. The smallest absolute Gasteiger partial charge is 0.265 e. The highest BCUT2D eigenvalue weighted by atomic mass is 35.5. The molecular formula is C27H23Cl2N3O3S. The van der Waals surface area contributed by atoms with E-state index in [2.05, 4.69) is 19.2 Å². The first-order valence-electron chi connectivity index (χ1n) is 11.3. The van der Waals surface area contributed by atoms with Gasteiger partial charge in [0.15, 0.2) is 0 Å². The van der Waals surface area contributed by atoms with Crippen molar-refractivity contribution in [1.29, 1.82) is 5.26 Å². The summed E-state index contributed by atoms with van der Waals surface area (Å²) in [6, 6.07) is 18.3. The molecule has 2 aromatic carbocycles. The van der Waals surface area contributed by atoms with Crippen LogP contribution in [0.3, 0.4) is 0 Å². The molecule has 0 radical (unpaired) electrons. The zero-order valence-electron chi connectivity index (χ0n) is 19.6. The molecule has 1 saturated heterocycles. The molecule has 0 aliphatic carbocycles. The standard InChI is InChI=1S/C27H23Cl2N3O3S/c1-16(2)17-8-10-19(11-9-17)32-26(34)23(13-18-5-3-7-22(28)24(18)29)36-27(32)21(14-30)25(33)31-15-20-6-4-12-35-20/h3-12,16,23H,13,15H2,1-2H3,(H,31,33)/b27-21-. The van der Waals surface area contributed by atoms with Crippen molar-refractivity contribution in [2.24, 2.45) is 0 Å². The number of nitrogens with one attached hydrogen (secondary N) is 1. The lowest BCUT2D eigenvalue weighted by atomic mass is 10.0. The summed E-state index contributed by atoms with van der Waals surface area (Å²) in [5.41, 5.74) is 2.26. The first-order valence-corrected chi connectivity index (χ1v) is 12.9. The first-order chi connectivity index (χ1) is 17.3. The third kappa shape index (κ3) is 5.46. The van der Waals surface area contributed by atoms with E-state index in [1.54, 1.807) is 24.3 Å². The maximum absolute atomic E-state index is 13.7. The summed E-state index contributed by atoms with van der Waals surface area (Å²) >= 11 is 13.7. The van der Waals surface area contributed by atoms with Crippen molar-refractivity contribution >= 4 is 52.5 Å². The molecule has 36 heavy (non-hydrogen) atoms. The van der Waals surface area contributed by atoms with E-state index < -0.39 is 11.2 Å². The normalized spacial score (nSPS) is 16.8. The van der Waals surface area contributed by atoms with Crippen molar-refractivity contribution in [1.82, 2.24) is 5.32 Å². The Bertz CT molecular complexity index is 1350. The molecule has 0 bridgehead atoms. The number of nitriles is 1. The van der Waals surface area contributed by atoms with Crippen LogP contribution in [0.2, 0.25) is 10.0 Å². The van der Waals surface area contributed by atoms with Crippen molar-refractivity contribution in [3.8, 4) is 6.07 Å². The van der Waals surface area contributed by atoms with Gasteiger partial charge in [-0.25, -0.2) is 0 Å². The Balaban J connectivity index is 1.71. The fourth-order valence-corrected chi connectivity index (χ4v) is 5.50. The van der Waals surface area contributed by atoms with Crippen molar-refractivity contribution in [3.05, 3.63) is 98.4 Å². The molecule has 1 fully saturated rings. The summed E-state index contributed by atoms with van der Waals surface area (Å²) in [7, 11) is 0. The van der Waals surface area contributed by atoms with Gasteiger partial charge in [0.25, 0.3) is 5.91 Å². The van der Waals surface area contributed by atoms with E-state index in [9.17, 15) is 14.9 Å². The quantitative estimate of drug-likeness (QED) is 0.275. The summed E-state index contributed by atoms with van der Waals surface area (Å²) < 4.78 is 5.26. The number of rotatable bonds is 7. The Hall–Kier alpha value is -3.18. The van der Waals surface area contributed by atoms with E-state index >= 15 is 0 Å². The minimum absolute atomic E-state index is 0.119. The second-order valence-corrected chi connectivity index (χ2v) is 10.5. The summed E-state index contributed by atoms with van der Waals surface area (Å²) in [6.07, 6.45) is 1.80. The maximum Gasteiger partial charge on any atom is 0.265 e. The average Bonchev–Trinajstić information content (AvgIpc) is 3.49. The number of furan rings is 1. The molecule has 4 rings (SSSR count). The van der Waals surface area contributed by atoms with Crippen LogP contribution in [0.1, 0.15) is 36.7 Å². The van der Waals surface area contributed by atoms with Gasteiger partial charge < -0.3 is 9.73 Å². The molecule has 0 spiro atoms. The van der Waals surface area contributed by atoms with Crippen LogP contribution >= 0.6 is 35.0 Å². The number of thioether (sulfide) groups is 1. The predicted octanol–water partition coefficient (Wildman–Crippen LogP) is 6.45. The molecular weight excluding hydrogens is 517 g/mol. The van der Waals surface area contributed by atoms with Crippen LogP contribution in [-0.2, 0) is 22.6 Å². The van der Waals surface area contributed by atoms with Gasteiger partial charge in [0, 0.05) is 5.69 Å². The van der Waals surface area contributed by atoms with E-state index in [1.807, 2.05) is 36.4 Å².